The van der Waals surface area contributed by atoms with E-state index in [0.29, 0.717) is 22.8 Å². The number of rotatable bonds is 2. The van der Waals surface area contributed by atoms with Crippen molar-refractivity contribution in [1.29, 1.82) is 0 Å². The van der Waals surface area contributed by atoms with Gasteiger partial charge in [-0.15, -0.1) is 0 Å². The topological polar surface area (TPSA) is 57.2 Å². The van der Waals surface area contributed by atoms with Crippen LogP contribution in [-0.2, 0) is 9.57 Å². The molecular formula is C18H15NO5. The fourth-order valence-electron chi connectivity index (χ4n) is 2.52. The highest BCUT2D eigenvalue weighted by molar-refractivity contribution is 5.94. The molecule has 1 unspecified atom stereocenters. The summed E-state index contributed by atoms with van der Waals surface area (Å²) < 4.78 is 16.4. The maximum absolute atomic E-state index is 12.6. The zero-order valence-corrected chi connectivity index (χ0v) is 13.0. The Bertz CT molecular complexity index is 802. The molecule has 24 heavy (non-hydrogen) atoms. The molecule has 2 aliphatic rings. The highest BCUT2D eigenvalue weighted by atomic mass is 16.8. The molecule has 0 bridgehead atoms. The highest BCUT2D eigenvalue weighted by Gasteiger charge is 2.28. The number of fused-ring (bicyclic) bond motifs is 1. The van der Waals surface area contributed by atoms with Crippen LogP contribution >= 0.6 is 0 Å². The Morgan fingerprint density at radius 1 is 1.08 bits per heavy atom. The van der Waals surface area contributed by atoms with Crippen molar-refractivity contribution in [2.45, 2.75) is 13.2 Å². The summed E-state index contributed by atoms with van der Waals surface area (Å²) in [6.07, 6.45) is 0.788. The smallest absolute Gasteiger partial charge is 0.281 e. The van der Waals surface area contributed by atoms with Gasteiger partial charge in [-0.1, -0.05) is 18.2 Å². The predicted molar refractivity (Wildman–Crippen MR) is 83.8 cm³/mol. The van der Waals surface area contributed by atoms with E-state index in [2.05, 4.69) is 0 Å². The van der Waals surface area contributed by atoms with E-state index < -0.39 is 6.29 Å². The first-order valence-electron chi connectivity index (χ1n) is 7.51. The minimum Gasteiger partial charge on any atom is -0.461 e. The van der Waals surface area contributed by atoms with Crippen molar-refractivity contribution in [3.63, 3.8) is 0 Å². The van der Waals surface area contributed by atoms with E-state index in [1.165, 1.54) is 11.3 Å². The fourth-order valence-corrected chi connectivity index (χ4v) is 2.52. The van der Waals surface area contributed by atoms with Crippen LogP contribution in [0.4, 0.5) is 0 Å². The normalized spacial score (nSPS) is 18.8. The summed E-state index contributed by atoms with van der Waals surface area (Å²) in [5.74, 6) is 1.63. The maximum atomic E-state index is 12.6. The first kappa shape index (κ1) is 14.6. The fraction of sp³-hybridized carbons (Fsp3) is 0.167. The number of carbonyl (C=O) groups is 1. The van der Waals surface area contributed by atoms with Gasteiger partial charge in [-0.2, -0.15) is 5.06 Å². The average molecular weight is 325 g/mol. The number of allylic oxidation sites excluding steroid dienone is 1. The molecule has 1 atom stereocenters. The Balaban J connectivity index is 1.59. The molecule has 0 aliphatic carbocycles. The molecule has 0 N–H and O–H groups in total. The lowest BCUT2D eigenvalue weighted by atomic mass is 10.2. The molecule has 2 aromatic rings. The second-order valence-corrected chi connectivity index (χ2v) is 5.40. The largest absolute Gasteiger partial charge is 0.461 e. The van der Waals surface area contributed by atoms with Crippen LogP contribution in [0, 0.1) is 0 Å². The van der Waals surface area contributed by atoms with E-state index >= 15 is 0 Å². The third-order valence-corrected chi connectivity index (χ3v) is 3.69. The maximum Gasteiger partial charge on any atom is 0.281 e. The molecule has 2 aliphatic heterocycles. The third-order valence-electron chi connectivity index (χ3n) is 3.69. The quantitative estimate of drug-likeness (QED) is 0.847. The van der Waals surface area contributed by atoms with Gasteiger partial charge in [-0.25, -0.2) is 4.84 Å². The second kappa shape index (κ2) is 5.90. The van der Waals surface area contributed by atoms with Crippen LogP contribution in [0.15, 0.2) is 60.5 Å². The summed E-state index contributed by atoms with van der Waals surface area (Å²) in [6.45, 7) is 1.97. The van der Waals surface area contributed by atoms with Crippen LogP contribution in [0.25, 0.3) is 0 Å². The first-order chi connectivity index (χ1) is 11.7. The van der Waals surface area contributed by atoms with E-state index in [4.69, 9.17) is 19.0 Å². The molecule has 122 valence electrons. The molecule has 0 spiro atoms. The van der Waals surface area contributed by atoms with Gasteiger partial charge in [0.2, 0.25) is 13.1 Å². The molecule has 1 amide bonds. The van der Waals surface area contributed by atoms with Gasteiger partial charge < -0.3 is 14.2 Å². The Hall–Kier alpha value is -2.99. The van der Waals surface area contributed by atoms with Crippen LogP contribution in [-0.4, -0.2) is 17.8 Å². The lowest BCUT2D eigenvalue weighted by Gasteiger charge is -2.30. The van der Waals surface area contributed by atoms with Crippen molar-refractivity contribution >= 4 is 5.91 Å². The number of hydrogen-bond donors (Lipinski definition) is 0. The Kier molecular flexibility index (Phi) is 3.59. The second-order valence-electron chi connectivity index (χ2n) is 5.40. The predicted octanol–water partition coefficient (Wildman–Crippen LogP) is 3.38. The molecule has 0 saturated carbocycles. The number of nitrogens with zero attached hydrogens (tertiary/aromatic N) is 1. The number of hydrogen-bond acceptors (Lipinski definition) is 5. The number of hydroxylamine groups is 2. The van der Waals surface area contributed by atoms with E-state index in [1.807, 2.05) is 12.1 Å². The summed E-state index contributed by atoms with van der Waals surface area (Å²) in [6, 6.07) is 14.3. The van der Waals surface area contributed by atoms with Crippen molar-refractivity contribution in [2.24, 2.45) is 0 Å². The molecule has 2 aromatic carbocycles. The van der Waals surface area contributed by atoms with Crippen molar-refractivity contribution in [3.8, 4) is 11.5 Å². The summed E-state index contributed by atoms with van der Waals surface area (Å²) >= 11 is 0. The van der Waals surface area contributed by atoms with Gasteiger partial charge in [-0.05, 0) is 37.3 Å². The van der Waals surface area contributed by atoms with Crippen LogP contribution in [0.5, 0.6) is 11.5 Å². The molecule has 6 nitrogen and oxygen atoms in total. The van der Waals surface area contributed by atoms with E-state index in [1.54, 1.807) is 43.3 Å². The Morgan fingerprint density at radius 3 is 2.71 bits per heavy atom. The van der Waals surface area contributed by atoms with Gasteiger partial charge in [0, 0.05) is 11.1 Å². The number of benzene rings is 2. The van der Waals surface area contributed by atoms with Crippen molar-refractivity contribution < 1.29 is 23.8 Å². The molecule has 0 saturated heterocycles. The molecular weight excluding hydrogens is 310 g/mol. The van der Waals surface area contributed by atoms with Gasteiger partial charge in [-0.3, -0.25) is 4.79 Å². The Labute approximate surface area is 138 Å². The molecule has 0 radical (unpaired) electrons. The summed E-state index contributed by atoms with van der Waals surface area (Å²) in [7, 11) is 0. The van der Waals surface area contributed by atoms with Crippen LogP contribution in [0.2, 0.25) is 0 Å². The molecule has 0 fully saturated rings. The van der Waals surface area contributed by atoms with Crippen molar-refractivity contribution in [3.05, 3.63) is 71.6 Å². The van der Waals surface area contributed by atoms with Crippen molar-refractivity contribution in [1.82, 2.24) is 5.06 Å². The minimum atomic E-state index is -0.739. The van der Waals surface area contributed by atoms with Crippen molar-refractivity contribution in [2.75, 3.05) is 6.79 Å². The van der Waals surface area contributed by atoms with Gasteiger partial charge >= 0.3 is 0 Å². The summed E-state index contributed by atoms with van der Waals surface area (Å²) in [5.41, 5.74) is 1.27. The van der Waals surface area contributed by atoms with Gasteiger partial charge in [0.1, 0.15) is 5.76 Å². The summed E-state index contributed by atoms with van der Waals surface area (Å²) in [5, 5.41) is 1.20. The van der Waals surface area contributed by atoms with E-state index in [-0.39, 0.29) is 12.7 Å². The van der Waals surface area contributed by atoms with Gasteiger partial charge in [0.15, 0.2) is 11.5 Å². The van der Waals surface area contributed by atoms with Crippen LogP contribution in [0.1, 0.15) is 29.1 Å². The van der Waals surface area contributed by atoms with E-state index in [0.717, 1.165) is 5.56 Å². The van der Waals surface area contributed by atoms with Gasteiger partial charge in [0.05, 0.1) is 6.20 Å². The summed E-state index contributed by atoms with van der Waals surface area (Å²) in [4.78, 5) is 18.3. The zero-order valence-electron chi connectivity index (χ0n) is 13.0. The third kappa shape index (κ3) is 2.68. The highest BCUT2D eigenvalue weighted by Crippen LogP contribution is 2.37. The number of carbonyl (C=O) groups excluding carboxylic acids is 1. The average Bonchev–Trinajstić information content (AvgIpc) is 3.09. The monoisotopic (exact) mass is 325 g/mol. The number of ether oxygens (including phenoxy) is 3. The lowest BCUT2D eigenvalue weighted by Crippen LogP contribution is -2.32. The molecule has 2 heterocycles. The van der Waals surface area contributed by atoms with Crippen LogP contribution < -0.4 is 9.47 Å². The van der Waals surface area contributed by atoms with Crippen LogP contribution in [0.3, 0.4) is 0 Å². The van der Waals surface area contributed by atoms with Gasteiger partial charge in [0.25, 0.3) is 5.91 Å². The molecule has 0 aromatic heterocycles. The number of amides is 1. The zero-order chi connectivity index (χ0) is 16.5. The minimum absolute atomic E-state index is 0.197. The molecule has 4 rings (SSSR count). The molecule has 6 heteroatoms. The lowest BCUT2D eigenvalue weighted by molar-refractivity contribution is -0.248. The first-order valence-corrected chi connectivity index (χ1v) is 7.51. The van der Waals surface area contributed by atoms with E-state index in [9.17, 15) is 4.79 Å². The SMILES string of the molecule is CC1=CN(C(=O)c2ccccc2)OC(c2ccc3c(c2)OCO3)O1. The standard InChI is InChI=1S/C18H15NO5/c1-12-10-19(17(20)13-5-3-2-4-6-13)24-18(23-12)14-7-8-15-16(9-14)22-11-21-15/h2-10,18H,11H2,1H3. The Morgan fingerprint density at radius 2 is 1.88 bits per heavy atom.